The molecule has 0 unspecified atom stereocenters. The molecule has 3 nitrogen and oxygen atoms in total. The number of hydrogen-bond acceptors (Lipinski definition) is 3. The third-order valence-electron chi connectivity index (χ3n) is 1.20. The molecule has 4 heteroatoms. The van der Waals surface area contributed by atoms with Gasteiger partial charge in [0.2, 0.25) is 0 Å². The van der Waals surface area contributed by atoms with E-state index in [0.717, 1.165) is 6.29 Å². The van der Waals surface area contributed by atoms with Crippen molar-refractivity contribution >= 4 is 22.2 Å². The topological polar surface area (TPSA) is 39.2 Å². The molecule has 0 aromatic carbocycles. The second-order valence-corrected chi connectivity index (χ2v) is 2.62. The van der Waals surface area contributed by atoms with Crippen LogP contribution in [-0.2, 0) is 0 Å². The number of nitrogens with zero attached hydrogens (tertiary/aromatic N) is 1. The molecule has 0 bridgehead atoms. The standard InChI is InChI=1S/C7H6BrNO2/c1-11-6-2-5(4-10)7(8)9-3-6/h2-4H,1H3. The number of ether oxygens (including phenoxy) is 1. The van der Waals surface area contributed by atoms with Gasteiger partial charge in [0.25, 0.3) is 0 Å². The Bertz CT molecular complexity index is 275. The Morgan fingerprint density at radius 3 is 3.00 bits per heavy atom. The third-order valence-corrected chi connectivity index (χ3v) is 1.87. The van der Waals surface area contributed by atoms with Crippen LogP contribution in [0, 0.1) is 0 Å². The zero-order valence-electron chi connectivity index (χ0n) is 5.87. The first-order valence-electron chi connectivity index (χ1n) is 2.92. The highest BCUT2D eigenvalue weighted by atomic mass is 79.9. The third kappa shape index (κ3) is 1.77. The number of aromatic nitrogens is 1. The van der Waals surface area contributed by atoms with E-state index >= 15 is 0 Å². The molecule has 0 saturated heterocycles. The minimum atomic E-state index is 0.490. The van der Waals surface area contributed by atoms with Gasteiger partial charge in [0.05, 0.1) is 18.9 Å². The lowest BCUT2D eigenvalue weighted by Gasteiger charge is -1.99. The van der Waals surface area contributed by atoms with Gasteiger partial charge in [-0.15, -0.1) is 0 Å². The minimum Gasteiger partial charge on any atom is -0.495 e. The van der Waals surface area contributed by atoms with Crippen molar-refractivity contribution in [3.05, 3.63) is 22.4 Å². The van der Waals surface area contributed by atoms with Crippen LogP contribution in [0.2, 0.25) is 0 Å². The number of methoxy groups -OCH3 is 1. The summed E-state index contributed by atoms with van der Waals surface area (Å²) in [6.45, 7) is 0. The summed E-state index contributed by atoms with van der Waals surface area (Å²) < 4.78 is 5.40. The molecule has 0 fully saturated rings. The van der Waals surface area contributed by atoms with E-state index < -0.39 is 0 Å². The molecule has 0 aliphatic carbocycles. The van der Waals surface area contributed by atoms with Crippen molar-refractivity contribution in [3.8, 4) is 5.75 Å². The normalized spacial score (nSPS) is 9.27. The van der Waals surface area contributed by atoms with Crippen molar-refractivity contribution < 1.29 is 9.53 Å². The summed E-state index contributed by atoms with van der Waals surface area (Å²) in [6, 6.07) is 1.62. The van der Waals surface area contributed by atoms with E-state index in [-0.39, 0.29) is 0 Å². The second-order valence-electron chi connectivity index (χ2n) is 1.87. The molecular formula is C7H6BrNO2. The second kappa shape index (κ2) is 3.48. The Morgan fingerprint density at radius 1 is 1.73 bits per heavy atom. The molecule has 1 aromatic heterocycles. The summed E-state index contributed by atoms with van der Waals surface area (Å²) in [6.07, 6.45) is 2.26. The van der Waals surface area contributed by atoms with Crippen molar-refractivity contribution in [2.45, 2.75) is 0 Å². The van der Waals surface area contributed by atoms with Gasteiger partial charge in [0.15, 0.2) is 6.29 Å². The van der Waals surface area contributed by atoms with E-state index in [1.54, 1.807) is 6.07 Å². The molecule has 58 valence electrons. The number of carbonyl (C=O) groups is 1. The maximum absolute atomic E-state index is 10.4. The highest BCUT2D eigenvalue weighted by Gasteiger charge is 2.00. The van der Waals surface area contributed by atoms with E-state index in [0.29, 0.717) is 15.9 Å². The Kier molecular flexibility index (Phi) is 2.59. The van der Waals surface area contributed by atoms with Crippen molar-refractivity contribution in [2.24, 2.45) is 0 Å². The van der Waals surface area contributed by atoms with Gasteiger partial charge in [-0.05, 0) is 22.0 Å². The molecule has 0 spiro atoms. The van der Waals surface area contributed by atoms with Crippen LogP contribution >= 0.6 is 15.9 Å². The van der Waals surface area contributed by atoms with Gasteiger partial charge in [0.1, 0.15) is 10.4 Å². The van der Waals surface area contributed by atoms with E-state index in [4.69, 9.17) is 4.74 Å². The Balaban J connectivity index is 3.12. The number of pyridine rings is 1. The smallest absolute Gasteiger partial charge is 0.152 e. The maximum Gasteiger partial charge on any atom is 0.152 e. The number of halogens is 1. The van der Waals surface area contributed by atoms with Gasteiger partial charge in [-0.25, -0.2) is 4.98 Å². The molecule has 0 N–H and O–H groups in total. The summed E-state index contributed by atoms with van der Waals surface area (Å²) in [5.41, 5.74) is 0.490. The summed E-state index contributed by atoms with van der Waals surface area (Å²) in [5.74, 6) is 0.579. The van der Waals surface area contributed by atoms with E-state index in [1.807, 2.05) is 0 Å². The SMILES string of the molecule is COc1cnc(Br)c(C=O)c1. The van der Waals surface area contributed by atoms with E-state index in [9.17, 15) is 4.79 Å². The summed E-state index contributed by atoms with van der Waals surface area (Å²) >= 11 is 3.12. The first-order valence-corrected chi connectivity index (χ1v) is 3.72. The minimum absolute atomic E-state index is 0.490. The lowest BCUT2D eigenvalue weighted by Crippen LogP contribution is -1.89. The highest BCUT2D eigenvalue weighted by molar-refractivity contribution is 9.10. The number of carbonyl (C=O) groups excluding carboxylic acids is 1. The zero-order chi connectivity index (χ0) is 8.27. The Morgan fingerprint density at radius 2 is 2.45 bits per heavy atom. The van der Waals surface area contributed by atoms with Crippen molar-refractivity contribution in [1.29, 1.82) is 0 Å². The van der Waals surface area contributed by atoms with Crippen LogP contribution in [0.25, 0.3) is 0 Å². The molecular weight excluding hydrogens is 210 g/mol. The fourth-order valence-electron chi connectivity index (χ4n) is 0.639. The average Bonchev–Trinajstić information content (AvgIpc) is 2.05. The fraction of sp³-hybridized carbons (Fsp3) is 0.143. The Labute approximate surface area is 72.5 Å². The zero-order valence-corrected chi connectivity index (χ0v) is 7.46. The van der Waals surface area contributed by atoms with Crippen LogP contribution < -0.4 is 4.74 Å². The molecule has 0 saturated carbocycles. The predicted molar refractivity (Wildman–Crippen MR) is 43.9 cm³/mol. The fourth-order valence-corrected chi connectivity index (χ4v) is 0.949. The Hall–Kier alpha value is -0.900. The van der Waals surface area contributed by atoms with Gasteiger partial charge in [0, 0.05) is 0 Å². The molecule has 0 aliphatic heterocycles. The van der Waals surface area contributed by atoms with Gasteiger partial charge < -0.3 is 4.74 Å². The van der Waals surface area contributed by atoms with E-state index in [1.165, 1.54) is 13.3 Å². The van der Waals surface area contributed by atoms with Crippen LogP contribution in [0.4, 0.5) is 0 Å². The first-order chi connectivity index (χ1) is 5.27. The van der Waals surface area contributed by atoms with Crippen LogP contribution in [-0.4, -0.2) is 18.4 Å². The number of rotatable bonds is 2. The molecule has 0 radical (unpaired) electrons. The summed E-state index contributed by atoms with van der Waals surface area (Å²) in [4.78, 5) is 14.3. The van der Waals surface area contributed by atoms with Gasteiger partial charge in [-0.3, -0.25) is 4.79 Å². The predicted octanol–water partition coefficient (Wildman–Crippen LogP) is 1.67. The van der Waals surface area contributed by atoms with Crippen LogP contribution in [0.3, 0.4) is 0 Å². The lowest BCUT2D eigenvalue weighted by atomic mass is 10.3. The molecule has 1 rings (SSSR count). The van der Waals surface area contributed by atoms with Gasteiger partial charge in [-0.2, -0.15) is 0 Å². The molecule has 0 atom stereocenters. The quantitative estimate of drug-likeness (QED) is 0.557. The highest BCUT2D eigenvalue weighted by Crippen LogP contribution is 2.17. The van der Waals surface area contributed by atoms with Crippen LogP contribution in [0.5, 0.6) is 5.75 Å². The maximum atomic E-state index is 10.4. The molecule has 1 heterocycles. The molecule has 0 aliphatic rings. The van der Waals surface area contributed by atoms with Crippen LogP contribution in [0.1, 0.15) is 10.4 Å². The average molecular weight is 216 g/mol. The summed E-state index contributed by atoms with van der Waals surface area (Å²) in [5, 5.41) is 0. The lowest BCUT2D eigenvalue weighted by molar-refractivity contribution is 0.112. The van der Waals surface area contributed by atoms with Gasteiger partial charge >= 0.3 is 0 Å². The van der Waals surface area contributed by atoms with Crippen molar-refractivity contribution in [1.82, 2.24) is 4.98 Å². The molecule has 0 amide bonds. The first kappa shape index (κ1) is 8.20. The number of hydrogen-bond donors (Lipinski definition) is 0. The van der Waals surface area contributed by atoms with Crippen LogP contribution in [0.15, 0.2) is 16.9 Å². The summed E-state index contributed by atoms with van der Waals surface area (Å²) in [7, 11) is 1.53. The van der Waals surface area contributed by atoms with Crippen molar-refractivity contribution in [2.75, 3.05) is 7.11 Å². The van der Waals surface area contributed by atoms with E-state index in [2.05, 4.69) is 20.9 Å². The molecule has 11 heavy (non-hydrogen) atoms. The van der Waals surface area contributed by atoms with Crippen molar-refractivity contribution in [3.63, 3.8) is 0 Å². The monoisotopic (exact) mass is 215 g/mol. The number of aldehydes is 1. The van der Waals surface area contributed by atoms with Gasteiger partial charge in [-0.1, -0.05) is 0 Å². The largest absolute Gasteiger partial charge is 0.495 e. The molecule has 1 aromatic rings.